The summed E-state index contributed by atoms with van der Waals surface area (Å²) < 4.78 is 56.5. The zero-order valence-electron chi connectivity index (χ0n) is 18.1. The van der Waals surface area contributed by atoms with Crippen molar-refractivity contribution in [3.63, 3.8) is 0 Å². The molecule has 1 aromatic heterocycles. The average molecular weight is 552 g/mol. The number of hydrogen-bond acceptors (Lipinski definition) is 9. The van der Waals surface area contributed by atoms with Crippen LogP contribution in [0.1, 0.15) is 22.2 Å². The Kier molecular flexibility index (Phi) is 10.2. The monoisotopic (exact) mass is 551 g/mol. The van der Waals surface area contributed by atoms with Crippen molar-refractivity contribution in [2.75, 3.05) is 26.4 Å². The van der Waals surface area contributed by atoms with E-state index in [0.717, 1.165) is 23.0 Å². The maximum atomic E-state index is 13.7. The molecule has 0 radical (unpaired) electrons. The molecule has 3 aromatic rings. The van der Waals surface area contributed by atoms with Crippen LogP contribution in [0.3, 0.4) is 0 Å². The smallest absolute Gasteiger partial charge is 0.419 e. The molecule has 2 aromatic carbocycles. The third-order valence-electron chi connectivity index (χ3n) is 4.62. The number of aromatic nitrogens is 2. The van der Waals surface area contributed by atoms with Crippen molar-refractivity contribution < 1.29 is 37.0 Å². The van der Waals surface area contributed by atoms with Crippen LogP contribution >= 0.6 is 31.5 Å². The molecule has 8 nitrogen and oxygen atoms in total. The molecule has 35 heavy (non-hydrogen) atoms. The van der Waals surface area contributed by atoms with E-state index in [9.17, 15) is 13.2 Å². The highest BCUT2D eigenvalue weighted by Crippen LogP contribution is 2.39. The van der Waals surface area contributed by atoms with Gasteiger partial charge in [0.05, 0.1) is 31.4 Å². The van der Waals surface area contributed by atoms with Crippen molar-refractivity contribution in [1.29, 1.82) is 0 Å². The molecular formula is C21H22ClF3N3O5PS. The number of benzene rings is 2. The van der Waals surface area contributed by atoms with E-state index in [1.165, 1.54) is 12.1 Å². The lowest BCUT2D eigenvalue weighted by molar-refractivity contribution is -0.139. The van der Waals surface area contributed by atoms with E-state index in [1.54, 1.807) is 6.07 Å². The van der Waals surface area contributed by atoms with Gasteiger partial charge in [0.25, 0.3) is 0 Å². The predicted molar refractivity (Wildman–Crippen MR) is 126 cm³/mol. The molecular weight excluding hydrogens is 530 g/mol. The molecule has 0 fully saturated rings. The number of ether oxygens (including phenoxy) is 2. The fourth-order valence-corrected chi connectivity index (χ4v) is 4.28. The number of nitrogens with zero attached hydrogens (tertiary/aromatic N) is 2. The molecule has 14 heteroatoms. The minimum atomic E-state index is -4.66. The Morgan fingerprint density at radius 2 is 1.86 bits per heavy atom. The molecule has 4 N–H and O–H groups in total. The van der Waals surface area contributed by atoms with Gasteiger partial charge in [-0.1, -0.05) is 41.1 Å². The van der Waals surface area contributed by atoms with E-state index in [0.29, 0.717) is 18.1 Å². The summed E-state index contributed by atoms with van der Waals surface area (Å²) in [7, 11) is -2.58. The summed E-state index contributed by atoms with van der Waals surface area (Å²) >= 11 is 7.06. The van der Waals surface area contributed by atoms with E-state index in [-0.39, 0.29) is 41.1 Å². The van der Waals surface area contributed by atoms with Crippen molar-refractivity contribution >= 4 is 31.5 Å². The molecule has 0 bridgehead atoms. The van der Waals surface area contributed by atoms with E-state index >= 15 is 0 Å². The maximum Gasteiger partial charge on any atom is 0.419 e. The minimum Gasteiger partial charge on any atom is -0.491 e. The van der Waals surface area contributed by atoms with Gasteiger partial charge in [-0.25, -0.2) is 0 Å². The second-order valence-corrected chi connectivity index (χ2v) is 9.29. The first-order chi connectivity index (χ1) is 16.6. The van der Waals surface area contributed by atoms with E-state index in [4.69, 9.17) is 36.6 Å². The van der Waals surface area contributed by atoms with Gasteiger partial charge in [0.15, 0.2) is 0 Å². The van der Waals surface area contributed by atoms with E-state index in [1.807, 2.05) is 18.2 Å². The van der Waals surface area contributed by atoms with Crippen molar-refractivity contribution in [3.8, 4) is 16.3 Å². The summed E-state index contributed by atoms with van der Waals surface area (Å²) in [4.78, 5) is 17.6. The first-order valence-corrected chi connectivity index (χ1v) is 12.6. The van der Waals surface area contributed by atoms with Gasteiger partial charge in [0, 0.05) is 10.6 Å². The molecule has 0 aliphatic carbocycles. The van der Waals surface area contributed by atoms with Gasteiger partial charge in [0.2, 0.25) is 0 Å². The Balaban J connectivity index is 1.59. The van der Waals surface area contributed by atoms with Crippen LogP contribution < -0.4 is 10.5 Å². The molecule has 0 spiro atoms. The molecule has 0 saturated heterocycles. The molecule has 0 aliphatic rings. The van der Waals surface area contributed by atoms with E-state index < -0.39 is 26.4 Å². The van der Waals surface area contributed by atoms with Crippen LogP contribution in [-0.2, 0) is 21.9 Å². The number of rotatable bonds is 12. The molecule has 0 aliphatic heterocycles. The average Bonchev–Trinajstić information content (AvgIpc) is 3.30. The molecule has 1 unspecified atom stereocenters. The van der Waals surface area contributed by atoms with Crippen LogP contribution in [0.5, 0.6) is 5.75 Å². The van der Waals surface area contributed by atoms with Crippen LogP contribution in [-0.4, -0.2) is 46.4 Å². The normalized spacial score (nSPS) is 12.8. The van der Waals surface area contributed by atoms with Crippen LogP contribution in [0.15, 0.2) is 42.5 Å². The zero-order valence-corrected chi connectivity index (χ0v) is 20.6. The molecule has 1 heterocycles. The van der Waals surface area contributed by atoms with Crippen LogP contribution in [0.4, 0.5) is 13.2 Å². The highest BCUT2D eigenvalue weighted by Gasteiger charge is 2.35. The van der Waals surface area contributed by atoms with Gasteiger partial charge in [-0.2, -0.15) is 13.2 Å². The highest BCUT2D eigenvalue weighted by atomic mass is 35.5. The lowest BCUT2D eigenvalue weighted by atomic mass is 10.1. The zero-order chi connectivity index (χ0) is 25.4. The summed E-state index contributed by atoms with van der Waals surface area (Å²) in [6.45, 7) is 0.158. The fraction of sp³-hybridized carbons (Fsp3) is 0.333. The van der Waals surface area contributed by atoms with Gasteiger partial charge in [-0.15, -0.1) is 10.2 Å². The fourth-order valence-electron chi connectivity index (χ4n) is 2.93. The van der Waals surface area contributed by atoms with Crippen LogP contribution in [0.25, 0.3) is 10.6 Å². The van der Waals surface area contributed by atoms with Gasteiger partial charge in [-0.3, -0.25) is 0 Å². The van der Waals surface area contributed by atoms with Gasteiger partial charge in [0.1, 0.15) is 22.4 Å². The Labute approximate surface area is 209 Å². The molecule has 0 amide bonds. The van der Waals surface area contributed by atoms with Gasteiger partial charge < -0.3 is 29.5 Å². The van der Waals surface area contributed by atoms with Crippen molar-refractivity contribution in [2.45, 2.75) is 18.6 Å². The topological polar surface area (TPSA) is 120 Å². The summed E-state index contributed by atoms with van der Waals surface area (Å²) in [5, 5.41) is 8.87. The second-order valence-electron chi connectivity index (χ2n) is 7.11. The van der Waals surface area contributed by atoms with Crippen molar-refractivity contribution in [2.24, 2.45) is 5.73 Å². The predicted octanol–water partition coefficient (Wildman–Crippen LogP) is 4.74. The Hall–Kier alpha value is -1.89. The first kappa shape index (κ1) is 27.7. The first-order valence-electron chi connectivity index (χ1n) is 10.2. The highest BCUT2D eigenvalue weighted by molar-refractivity contribution is 7.39. The Morgan fingerprint density at radius 3 is 2.57 bits per heavy atom. The quantitative estimate of drug-likeness (QED) is 0.218. The SMILES string of the molecule is NC(COP(O)O)c1nnc(-c2ccc(OCCOCCc3ccccc3Cl)c(C(F)(F)F)c2)s1. The number of hydrogen-bond donors (Lipinski definition) is 3. The summed E-state index contributed by atoms with van der Waals surface area (Å²) in [5.74, 6) is -0.329. The van der Waals surface area contributed by atoms with Gasteiger partial charge in [-0.05, 0) is 36.2 Å². The standard InChI is InChI=1S/C21H22ClF3N3O5PS/c22-16-4-2-1-3-13(16)7-8-31-9-10-32-18-6-5-14(11-15(18)21(23,24)25)19-27-28-20(35-19)17(26)12-33-34(29)30/h1-6,11,17,29-30H,7-10,12,26H2. The summed E-state index contributed by atoms with van der Waals surface area (Å²) in [6.07, 6.45) is -4.09. The lowest BCUT2D eigenvalue weighted by Crippen LogP contribution is -2.15. The summed E-state index contributed by atoms with van der Waals surface area (Å²) in [6, 6.07) is 10.1. The number of nitrogens with two attached hydrogens (primary N) is 1. The molecule has 0 saturated carbocycles. The molecule has 3 rings (SSSR count). The van der Waals surface area contributed by atoms with Crippen molar-refractivity contribution in [3.05, 3.63) is 63.6 Å². The van der Waals surface area contributed by atoms with Crippen molar-refractivity contribution in [1.82, 2.24) is 10.2 Å². The Bertz CT molecular complexity index is 1110. The third-order valence-corrected chi connectivity index (χ3v) is 6.47. The second kappa shape index (κ2) is 12.9. The maximum absolute atomic E-state index is 13.7. The lowest BCUT2D eigenvalue weighted by Gasteiger charge is -2.15. The molecule has 1 atom stereocenters. The Morgan fingerprint density at radius 1 is 1.09 bits per heavy atom. The van der Waals surface area contributed by atoms with Crippen LogP contribution in [0.2, 0.25) is 5.02 Å². The number of halogens is 4. The third kappa shape index (κ3) is 8.33. The number of alkyl halides is 3. The minimum absolute atomic E-state index is 0.0684. The molecule has 190 valence electrons. The van der Waals surface area contributed by atoms with Gasteiger partial charge >= 0.3 is 14.8 Å². The largest absolute Gasteiger partial charge is 0.491 e. The van der Waals surface area contributed by atoms with Crippen LogP contribution in [0, 0.1) is 0 Å². The van der Waals surface area contributed by atoms with E-state index in [2.05, 4.69) is 14.7 Å². The summed E-state index contributed by atoms with van der Waals surface area (Å²) in [5.41, 5.74) is 5.99.